The van der Waals surface area contributed by atoms with Crippen molar-refractivity contribution in [1.82, 2.24) is 9.55 Å². The van der Waals surface area contributed by atoms with Gasteiger partial charge in [-0.25, -0.2) is 9.37 Å². The van der Waals surface area contributed by atoms with Crippen LogP contribution in [-0.2, 0) is 6.42 Å². The highest BCUT2D eigenvalue weighted by Gasteiger charge is 2.13. The molecule has 0 atom stereocenters. The summed E-state index contributed by atoms with van der Waals surface area (Å²) < 4.78 is 15.8. The zero-order chi connectivity index (χ0) is 15.0. The molecule has 0 bridgehead atoms. The van der Waals surface area contributed by atoms with Crippen molar-refractivity contribution in [3.63, 3.8) is 0 Å². The summed E-state index contributed by atoms with van der Waals surface area (Å²) in [4.78, 5) is 4.66. The van der Waals surface area contributed by atoms with E-state index in [0.29, 0.717) is 5.69 Å². The highest BCUT2D eigenvalue weighted by atomic mass is 19.1. The van der Waals surface area contributed by atoms with Gasteiger partial charge in [0.1, 0.15) is 11.6 Å². The fourth-order valence-electron chi connectivity index (χ4n) is 2.67. The Morgan fingerprint density at radius 1 is 1.19 bits per heavy atom. The summed E-state index contributed by atoms with van der Waals surface area (Å²) in [6.07, 6.45) is 1.82. The lowest BCUT2D eigenvalue weighted by Crippen LogP contribution is -2.02. The predicted octanol–water partition coefficient (Wildman–Crippen LogP) is 4.01. The summed E-state index contributed by atoms with van der Waals surface area (Å²) in [6.45, 7) is 4.00. The lowest BCUT2D eigenvalue weighted by molar-refractivity contribution is 0.625. The minimum absolute atomic E-state index is 0.232. The summed E-state index contributed by atoms with van der Waals surface area (Å²) in [5.41, 5.74) is 10.0. The maximum atomic E-state index is 13.7. The van der Waals surface area contributed by atoms with Gasteiger partial charge in [-0.15, -0.1) is 0 Å². The number of aromatic nitrogens is 2. The van der Waals surface area contributed by atoms with Crippen LogP contribution in [0.4, 0.5) is 10.1 Å². The standard InChI is InChI=1S/C17H18FN3/c1-3-4-17-20-15-10-13(19)5-6-16(15)21(17)14-8-11(2)7-12(18)9-14/h5-10H,3-4,19H2,1-2H3. The normalized spacial score (nSPS) is 11.2. The second kappa shape index (κ2) is 5.20. The average molecular weight is 283 g/mol. The zero-order valence-corrected chi connectivity index (χ0v) is 12.2. The molecule has 2 aromatic carbocycles. The first kappa shape index (κ1) is 13.6. The van der Waals surface area contributed by atoms with Crippen LogP contribution in [0.1, 0.15) is 24.7 Å². The molecule has 0 aliphatic heterocycles. The highest BCUT2D eigenvalue weighted by molar-refractivity contribution is 5.81. The number of halogens is 1. The molecule has 1 heterocycles. The van der Waals surface area contributed by atoms with Gasteiger partial charge in [0.15, 0.2) is 0 Å². The second-order valence-electron chi connectivity index (χ2n) is 5.35. The second-order valence-corrected chi connectivity index (χ2v) is 5.35. The number of nitrogen functional groups attached to an aromatic ring is 1. The maximum absolute atomic E-state index is 13.7. The van der Waals surface area contributed by atoms with Crippen LogP contribution in [0.15, 0.2) is 36.4 Å². The number of benzene rings is 2. The van der Waals surface area contributed by atoms with Gasteiger partial charge in [0.2, 0.25) is 0 Å². The van der Waals surface area contributed by atoms with Crippen molar-refractivity contribution >= 4 is 16.7 Å². The third-order valence-electron chi connectivity index (χ3n) is 3.51. The summed E-state index contributed by atoms with van der Waals surface area (Å²) in [5, 5.41) is 0. The molecule has 1 aromatic heterocycles. The third kappa shape index (κ3) is 2.49. The van der Waals surface area contributed by atoms with Crippen molar-refractivity contribution in [1.29, 1.82) is 0 Å². The first-order valence-electron chi connectivity index (χ1n) is 7.13. The molecular formula is C17H18FN3. The van der Waals surface area contributed by atoms with Gasteiger partial charge in [0.25, 0.3) is 0 Å². The van der Waals surface area contributed by atoms with Crippen LogP contribution < -0.4 is 5.73 Å². The maximum Gasteiger partial charge on any atom is 0.125 e. The molecule has 2 N–H and O–H groups in total. The van der Waals surface area contributed by atoms with E-state index in [2.05, 4.69) is 11.9 Å². The van der Waals surface area contributed by atoms with Crippen LogP contribution in [0, 0.1) is 12.7 Å². The molecule has 3 rings (SSSR count). The van der Waals surface area contributed by atoms with Crippen molar-refractivity contribution in [3.05, 3.63) is 53.6 Å². The highest BCUT2D eigenvalue weighted by Crippen LogP contribution is 2.25. The van der Waals surface area contributed by atoms with E-state index in [-0.39, 0.29) is 5.82 Å². The first-order valence-corrected chi connectivity index (χ1v) is 7.13. The summed E-state index contributed by atoms with van der Waals surface area (Å²) in [6, 6.07) is 10.7. The van der Waals surface area contributed by atoms with E-state index in [4.69, 9.17) is 5.73 Å². The number of nitrogens with two attached hydrogens (primary N) is 1. The molecule has 3 aromatic rings. The van der Waals surface area contributed by atoms with Crippen molar-refractivity contribution in [3.8, 4) is 5.69 Å². The number of anilines is 1. The topological polar surface area (TPSA) is 43.8 Å². The van der Waals surface area contributed by atoms with E-state index in [1.165, 1.54) is 6.07 Å². The van der Waals surface area contributed by atoms with Crippen molar-refractivity contribution in [2.75, 3.05) is 5.73 Å². The van der Waals surface area contributed by atoms with Crippen LogP contribution in [0.2, 0.25) is 0 Å². The van der Waals surface area contributed by atoms with E-state index in [1.807, 2.05) is 35.8 Å². The van der Waals surface area contributed by atoms with Crippen molar-refractivity contribution in [2.24, 2.45) is 0 Å². The Morgan fingerprint density at radius 3 is 2.71 bits per heavy atom. The van der Waals surface area contributed by atoms with Gasteiger partial charge < -0.3 is 5.73 Å². The Morgan fingerprint density at radius 2 is 2.00 bits per heavy atom. The summed E-state index contributed by atoms with van der Waals surface area (Å²) >= 11 is 0. The van der Waals surface area contributed by atoms with Gasteiger partial charge in [0, 0.05) is 12.1 Å². The number of hydrogen-bond acceptors (Lipinski definition) is 2. The molecule has 0 fully saturated rings. The number of rotatable bonds is 3. The van der Waals surface area contributed by atoms with Gasteiger partial charge >= 0.3 is 0 Å². The molecule has 21 heavy (non-hydrogen) atoms. The number of fused-ring (bicyclic) bond motifs is 1. The van der Waals surface area contributed by atoms with Crippen molar-refractivity contribution < 1.29 is 4.39 Å². The molecule has 3 nitrogen and oxygen atoms in total. The molecule has 0 aliphatic carbocycles. The molecule has 4 heteroatoms. The van der Waals surface area contributed by atoms with Crippen LogP contribution in [0.5, 0.6) is 0 Å². The summed E-state index contributed by atoms with van der Waals surface area (Å²) in [5.74, 6) is 0.702. The van der Waals surface area contributed by atoms with Gasteiger partial charge in [-0.2, -0.15) is 0 Å². The monoisotopic (exact) mass is 283 g/mol. The van der Waals surface area contributed by atoms with Crippen LogP contribution in [-0.4, -0.2) is 9.55 Å². The number of imidazole rings is 1. The molecular weight excluding hydrogens is 265 g/mol. The van der Waals surface area contributed by atoms with Crippen molar-refractivity contribution in [2.45, 2.75) is 26.7 Å². The number of hydrogen-bond donors (Lipinski definition) is 1. The van der Waals surface area contributed by atoms with E-state index in [0.717, 1.165) is 41.0 Å². The van der Waals surface area contributed by atoms with Gasteiger partial charge in [-0.1, -0.05) is 6.92 Å². The quantitative estimate of drug-likeness (QED) is 0.738. The van der Waals surface area contributed by atoms with Crippen LogP contribution in [0.3, 0.4) is 0 Å². The fourth-order valence-corrected chi connectivity index (χ4v) is 2.67. The minimum atomic E-state index is -0.232. The van der Waals surface area contributed by atoms with E-state index >= 15 is 0 Å². The molecule has 0 radical (unpaired) electrons. The summed E-state index contributed by atoms with van der Waals surface area (Å²) in [7, 11) is 0. The molecule has 0 amide bonds. The Bertz CT molecular complexity index is 785. The van der Waals surface area contributed by atoms with Crippen LogP contribution >= 0.6 is 0 Å². The smallest absolute Gasteiger partial charge is 0.125 e. The lowest BCUT2D eigenvalue weighted by Gasteiger charge is -2.10. The Kier molecular flexibility index (Phi) is 3.37. The average Bonchev–Trinajstić information content (AvgIpc) is 2.75. The van der Waals surface area contributed by atoms with Gasteiger partial charge in [-0.05, 0) is 55.3 Å². The SMILES string of the molecule is CCCc1nc2cc(N)ccc2n1-c1cc(C)cc(F)c1. The molecule has 0 spiro atoms. The Hall–Kier alpha value is -2.36. The predicted molar refractivity (Wildman–Crippen MR) is 84.2 cm³/mol. The Balaban J connectivity index is 2.30. The molecule has 0 aliphatic rings. The van der Waals surface area contributed by atoms with Crippen LogP contribution in [0.25, 0.3) is 16.7 Å². The molecule has 0 unspecified atom stereocenters. The molecule has 0 saturated carbocycles. The Labute approximate surface area is 123 Å². The first-order chi connectivity index (χ1) is 10.1. The lowest BCUT2D eigenvalue weighted by atomic mass is 10.2. The third-order valence-corrected chi connectivity index (χ3v) is 3.51. The largest absolute Gasteiger partial charge is 0.399 e. The molecule has 0 saturated heterocycles. The van der Waals surface area contributed by atoms with Gasteiger partial charge in [-0.3, -0.25) is 4.57 Å². The van der Waals surface area contributed by atoms with Gasteiger partial charge in [0.05, 0.1) is 16.7 Å². The fraction of sp³-hybridized carbons (Fsp3) is 0.235. The number of aryl methyl sites for hydroxylation is 2. The van der Waals surface area contributed by atoms with E-state index in [1.54, 1.807) is 6.07 Å². The minimum Gasteiger partial charge on any atom is -0.399 e. The van der Waals surface area contributed by atoms with E-state index in [9.17, 15) is 4.39 Å². The number of nitrogens with zero attached hydrogens (tertiary/aromatic N) is 2. The van der Waals surface area contributed by atoms with E-state index < -0.39 is 0 Å². The zero-order valence-electron chi connectivity index (χ0n) is 12.2. The molecule has 108 valence electrons.